The quantitative estimate of drug-likeness (QED) is 0.459. The Morgan fingerprint density at radius 3 is 2.39 bits per heavy atom. The average Bonchev–Trinajstić information content (AvgIpc) is 2.80. The highest BCUT2D eigenvalue weighted by atomic mass is 79.9. The minimum Gasteiger partial charge on any atom is -0.306 e. The molecular weight excluding hydrogens is 460 g/mol. The Kier molecular flexibility index (Phi) is 6.08. The second-order valence-corrected chi connectivity index (χ2v) is 7.89. The van der Waals surface area contributed by atoms with E-state index in [0.29, 0.717) is 17.3 Å². The summed E-state index contributed by atoms with van der Waals surface area (Å²) in [7, 11) is 0. The van der Waals surface area contributed by atoms with Crippen molar-refractivity contribution < 1.29 is 4.79 Å². The number of aryl methyl sites for hydroxylation is 1. The zero-order valence-corrected chi connectivity index (χ0v) is 18.1. The third kappa shape index (κ3) is 4.64. The number of benzene rings is 2. The lowest BCUT2D eigenvalue weighted by Gasteiger charge is -2.23. The van der Waals surface area contributed by atoms with E-state index in [1.165, 1.54) is 4.68 Å². The van der Waals surface area contributed by atoms with Gasteiger partial charge >= 0.3 is 0 Å². The molecule has 0 unspecified atom stereocenters. The molecule has 0 atom stereocenters. The molecule has 0 spiro atoms. The molecule has 2 heterocycles. The highest BCUT2D eigenvalue weighted by Gasteiger charge is 2.18. The van der Waals surface area contributed by atoms with E-state index in [4.69, 9.17) is 0 Å². The van der Waals surface area contributed by atoms with Crippen LogP contribution in [0.3, 0.4) is 0 Å². The van der Waals surface area contributed by atoms with Gasteiger partial charge in [0.1, 0.15) is 0 Å². The normalized spacial score (nSPS) is 10.9. The molecule has 0 fully saturated rings. The Bertz CT molecular complexity index is 1330. The predicted molar refractivity (Wildman–Crippen MR) is 123 cm³/mol. The second kappa shape index (κ2) is 9.09. The van der Waals surface area contributed by atoms with E-state index in [-0.39, 0.29) is 30.0 Å². The van der Waals surface area contributed by atoms with Gasteiger partial charge in [-0.1, -0.05) is 34.1 Å². The van der Waals surface area contributed by atoms with Gasteiger partial charge in [0.2, 0.25) is 5.91 Å². The first-order valence-electron chi connectivity index (χ1n) is 9.70. The van der Waals surface area contributed by atoms with Crippen molar-refractivity contribution >= 4 is 38.3 Å². The highest BCUT2D eigenvalue weighted by Crippen LogP contribution is 2.21. The molecule has 0 saturated carbocycles. The summed E-state index contributed by atoms with van der Waals surface area (Å²) in [5, 5.41) is 3.23. The number of anilines is 1. The molecule has 156 valence electrons. The Hall–Kier alpha value is -3.52. The van der Waals surface area contributed by atoms with Gasteiger partial charge in [-0.2, -0.15) is 0 Å². The van der Waals surface area contributed by atoms with Crippen molar-refractivity contribution in [2.45, 2.75) is 19.5 Å². The molecule has 4 aromatic rings. The first-order valence-corrected chi connectivity index (χ1v) is 10.5. The Morgan fingerprint density at radius 2 is 1.68 bits per heavy atom. The van der Waals surface area contributed by atoms with Gasteiger partial charge in [-0.05, 0) is 48.5 Å². The van der Waals surface area contributed by atoms with Crippen LogP contribution in [0.5, 0.6) is 0 Å². The fraction of sp³-hybridized carbons (Fsp3) is 0.130. The number of carbonyl (C=O) groups is 1. The van der Waals surface area contributed by atoms with Crippen LogP contribution in [0.1, 0.15) is 12.1 Å². The minimum atomic E-state index is -0.360. The van der Waals surface area contributed by atoms with Gasteiger partial charge in [-0.15, -0.1) is 0 Å². The van der Waals surface area contributed by atoms with Crippen molar-refractivity contribution in [2.75, 3.05) is 4.90 Å². The zero-order valence-electron chi connectivity index (χ0n) is 16.5. The van der Waals surface area contributed by atoms with E-state index in [2.05, 4.69) is 26.0 Å². The number of nitrogens with zero attached hydrogens (tertiary/aromatic N) is 3. The first kappa shape index (κ1) is 20.7. The third-order valence-electron chi connectivity index (χ3n) is 4.92. The molecule has 7 nitrogen and oxygen atoms in total. The number of rotatable bonds is 6. The SMILES string of the molecule is O=C(CCn1[nH]c(=O)c2ccccc2c1=O)N(Cc1ccccn1)c1ccc(Br)cc1. The topological polar surface area (TPSA) is 88.1 Å². The van der Waals surface area contributed by atoms with Crippen LogP contribution in [0.4, 0.5) is 5.69 Å². The molecule has 1 amide bonds. The Balaban J connectivity index is 1.60. The van der Waals surface area contributed by atoms with Crippen molar-refractivity contribution in [3.05, 3.63) is 104 Å². The van der Waals surface area contributed by atoms with Gasteiger partial charge < -0.3 is 4.90 Å². The largest absolute Gasteiger partial charge is 0.306 e. The standard InChI is InChI=1S/C23H19BrN4O3/c24-16-8-10-18(11-9-16)27(15-17-5-3-4-13-25-17)21(29)12-14-28-23(31)20-7-2-1-6-19(20)22(30)26-28/h1-11,13H,12,14-15H2,(H,26,30). The maximum absolute atomic E-state index is 13.1. The molecular formula is C23H19BrN4O3. The van der Waals surface area contributed by atoms with Crippen molar-refractivity contribution in [3.8, 4) is 0 Å². The zero-order chi connectivity index (χ0) is 21.8. The number of H-pyrrole nitrogens is 1. The monoisotopic (exact) mass is 478 g/mol. The number of carbonyl (C=O) groups excluding carboxylic acids is 1. The summed E-state index contributed by atoms with van der Waals surface area (Å²) in [6.07, 6.45) is 1.72. The number of pyridine rings is 1. The van der Waals surface area contributed by atoms with Gasteiger partial charge in [0, 0.05) is 22.8 Å². The molecule has 0 aliphatic rings. The molecule has 31 heavy (non-hydrogen) atoms. The molecule has 0 radical (unpaired) electrons. The second-order valence-electron chi connectivity index (χ2n) is 6.97. The smallest absolute Gasteiger partial charge is 0.273 e. The number of hydrogen-bond acceptors (Lipinski definition) is 4. The van der Waals surface area contributed by atoms with E-state index in [1.807, 2.05) is 42.5 Å². The number of fused-ring (bicyclic) bond motifs is 1. The molecule has 1 N–H and O–H groups in total. The van der Waals surface area contributed by atoms with Crippen LogP contribution in [0.15, 0.2) is 87.0 Å². The number of nitrogens with one attached hydrogen (secondary N) is 1. The number of amides is 1. The van der Waals surface area contributed by atoms with Crippen molar-refractivity contribution in [1.29, 1.82) is 0 Å². The van der Waals surface area contributed by atoms with Gasteiger partial charge in [-0.3, -0.25) is 24.5 Å². The van der Waals surface area contributed by atoms with E-state index in [9.17, 15) is 14.4 Å². The number of aromatic nitrogens is 3. The fourth-order valence-electron chi connectivity index (χ4n) is 3.34. The number of hydrogen-bond donors (Lipinski definition) is 1. The van der Waals surface area contributed by atoms with Crippen LogP contribution in [-0.4, -0.2) is 20.7 Å². The van der Waals surface area contributed by atoms with E-state index >= 15 is 0 Å². The molecule has 0 bridgehead atoms. The van der Waals surface area contributed by atoms with Gasteiger partial charge in [0.25, 0.3) is 11.1 Å². The summed E-state index contributed by atoms with van der Waals surface area (Å²) in [4.78, 5) is 44.1. The van der Waals surface area contributed by atoms with Crippen LogP contribution in [0.25, 0.3) is 10.8 Å². The molecule has 2 aromatic carbocycles. The summed E-state index contributed by atoms with van der Waals surface area (Å²) in [5.74, 6) is -0.186. The number of halogens is 1. The van der Waals surface area contributed by atoms with Crippen LogP contribution >= 0.6 is 15.9 Å². The van der Waals surface area contributed by atoms with E-state index < -0.39 is 0 Å². The molecule has 0 aliphatic heterocycles. The van der Waals surface area contributed by atoms with Crippen LogP contribution < -0.4 is 16.0 Å². The summed E-state index contributed by atoms with van der Waals surface area (Å²) < 4.78 is 2.10. The Morgan fingerprint density at radius 1 is 0.968 bits per heavy atom. The average molecular weight is 479 g/mol. The van der Waals surface area contributed by atoms with Crippen LogP contribution in [0, 0.1) is 0 Å². The summed E-state index contributed by atoms with van der Waals surface area (Å²) >= 11 is 3.41. The van der Waals surface area contributed by atoms with E-state index in [1.54, 1.807) is 35.4 Å². The first-order chi connectivity index (χ1) is 15.0. The summed E-state index contributed by atoms with van der Waals surface area (Å²) in [5.41, 5.74) is 0.775. The Labute approximate surface area is 186 Å². The molecule has 0 aliphatic carbocycles. The lowest BCUT2D eigenvalue weighted by molar-refractivity contribution is -0.119. The van der Waals surface area contributed by atoms with Crippen LogP contribution in [-0.2, 0) is 17.9 Å². The summed E-state index contributed by atoms with van der Waals surface area (Å²) in [6, 6.07) is 19.6. The maximum Gasteiger partial charge on any atom is 0.273 e. The van der Waals surface area contributed by atoms with Crippen molar-refractivity contribution in [3.63, 3.8) is 0 Å². The van der Waals surface area contributed by atoms with Crippen LogP contribution in [0.2, 0.25) is 0 Å². The maximum atomic E-state index is 13.1. The van der Waals surface area contributed by atoms with Gasteiger partial charge in [0.05, 0.1) is 29.6 Å². The highest BCUT2D eigenvalue weighted by molar-refractivity contribution is 9.10. The summed E-state index contributed by atoms with van der Waals surface area (Å²) in [6.45, 7) is 0.359. The lowest BCUT2D eigenvalue weighted by Crippen LogP contribution is -2.34. The van der Waals surface area contributed by atoms with Crippen molar-refractivity contribution in [1.82, 2.24) is 14.8 Å². The molecule has 0 saturated heterocycles. The van der Waals surface area contributed by atoms with Gasteiger partial charge in [-0.25, -0.2) is 4.68 Å². The molecule has 4 rings (SSSR count). The van der Waals surface area contributed by atoms with E-state index in [0.717, 1.165) is 15.9 Å². The molecule has 8 heteroatoms. The lowest BCUT2D eigenvalue weighted by atomic mass is 10.2. The molecule has 2 aromatic heterocycles. The van der Waals surface area contributed by atoms with Crippen molar-refractivity contribution in [2.24, 2.45) is 0 Å². The van der Waals surface area contributed by atoms with Gasteiger partial charge in [0.15, 0.2) is 0 Å². The number of aromatic amines is 1. The predicted octanol–water partition coefficient (Wildman–Crippen LogP) is 3.47. The fourth-order valence-corrected chi connectivity index (χ4v) is 3.61. The minimum absolute atomic E-state index is 0.0388. The third-order valence-corrected chi connectivity index (χ3v) is 5.45.